The number of carbonyl (C=O) groups is 2. The molecule has 2 aromatic rings. The molecular weight excluding hydrogens is 350 g/mol. The van der Waals surface area contributed by atoms with Crippen LogP contribution in [0.2, 0.25) is 0 Å². The smallest absolute Gasteiger partial charge is 0.317 e. The van der Waals surface area contributed by atoms with Crippen molar-refractivity contribution in [3.63, 3.8) is 0 Å². The van der Waals surface area contributed by atoms with E-state index in [9.17, 15) is 9.59 Å². The van der Waals surface area contributed by atoms with Crippen molar-refractivity contribution in [2.45, 2.75) is 43.7 Å². The van der Waals surface area contributed by atoms with E-state index in [-0.39, 0.29) is 23.5 Å². The Morgan fingerprint density at radius 3 is 2.25 bits per heavy atom. The number of benzene rings is 2. The van der Waals surface area contributed by atoms with Gasteiger partial charge in [-0.05, 0) is 36.8 Å². The van der Waals surface area contributed by atoms with Gasteiger partial charge in [-0.15, -0.1) is 0 Å². The maximum absolute atomic E-state index is 13.0. The summed E-state index contributed by atoms with van der Waals surface area (Å²) >= 11 is 0. The molecule has 0 unspecified atom stereocenters. The molecule has 0 radical (unpaired) electrons. The predicted molar refractivity (Wildman–Crippen MR) is 109 cm³/mol. The Kier molecular flexibility index (Phi) is 5.33. The second-order valence-electron chi connectivity index (χ2n) is 7.92. The molecule has 0 aliphatic carbocycles. The summed E-state index contributed by atoms with van der Waals surface area (Å²) in [5.41, 5.74) is 2.22. The van der Waals surface area contributed by atoms with Gasteiger partial charge < -0.3 is 15.5 Å². The van der Waals surface area contributed by atoms with Crippen LogP contribution in [0.3, 0.4) is 0 Å². The zero-order chi connectivity index (χ0) is 19.4. The van der Waals surface area contributed by atoms with Gasteiger partial charge in [-0.25, -0.2) is 4.79 Å². The summed E-state index contributed by atoms with van der Waals surface area (Å²) in [4.78, 5) is 26.5. The molecule has 1 spiro atoms. The van der Waals surface area contributed by atoms with Crippen molar-refractivity contribution in [2.24, 2.45) is 0 Å². The Morgan fingerprint density at radius 1 is 1.00 bits per heavy atom. The zero-order valence-corrected chi connectivity index (χ0v) is 16.1. The Morgan fingerprint density at radius 2 is 1.64 bits per heavy atom. The third-order valence-electron chi connectivity index (χ3n) is 6.03. The van der Waals surface area contributed by atoms with Gasteiger partial charge in [0, 0.05) is 25.0 Å². The van der Waals surface area contributed by atoms with E-state index in [2.05, 4.69) is 34.9 Å². The molecule has 0 bridgehead atoms. The molecular formula is C23H27N3O2. The van der Waals surface area contributed by atoms with E-state index in [1.54, 1.807) is 0 Å². The average Bonchev–Trinajstić information content (AvgIpc) is 3.09. The number of nitrogens with zero attached hydrogens (tertiary/aromatic N) is 1. The minimum absolute atomic E-state index is 0.0241. The summed E-state index contributed by atoms with van der Waals surface area (Å²) in [5.74, 6) is 0.143. The van der Waals surface area contributed by atoms with E-state index >= 15 is 0 Å². The number of urea groups is 1. The van der Waals surface area contributed by atoms with E-state index < -0.39 is 0 Å². The maximum Gasteiger partial charge on any atom is 0.317 e. The summed E-state index contributed by atoms with van der Waals surface area (Å²) in [5, 5.41) is 6.37. The van der Waals surface area contributed by atoms with E-state index in [1.165, 1.54) is 5.56 Å². The molecule has 5 nitrogen and oxygen atoms in total. The number of amides is 3. The molecule has 0 aromatic heterocycles. The number of nitrogens with one attached hydrogen (secondary N) is 2. The van der Waals surface area contributed by atoms with E-state index in [0.29, 0.717) is 19.5 Å². The van der Waals surface area contributed by atoms with Gasteiger partial charge in [0.1, 0.15) is 0 Å². The largest absolute Gasteiger partial charge is 0.351 e. The van der Waals surface area contributed by atoms with Crippen LogP contribution in [0.15, 0.2) is 60.7 Å². The fourth-order valence-corrected chi connectivity index (χ4v) is 4.31. The first kappa shape index (κ1) is 18.5. The van der Waals surface area contributed by atoms with Gasteiger partial charge in [0.15, 0.2) is 0 Å². The first-order valence-electron chi connectivity index (χ1n) is 10.1. The highest BCUT2D eigenvalue weighted by molar-refractivity contribution is 5.79. The van der Waals surface area contributed by atoms with Crippen molar-refractivity contribution in [2.75, 3.05) is 13.1 Å². The first-order valence-corrected chi connectivity index (χ1v) is 10.1. The van der Waals surface area contributed by atoms with Crippen LogP contribution in [-0.2, 0) is 11.2 Å². The minimum atomic E-state index is -0.0866. The number of hydrogen-bond donors (Lipinski definition) is 2. The zero-order valence-electron chi connectivity index (χ0n) is 16.1. The molecule has 1 atom stereocenters. The quantitative estimate of drug-likeness (QED) is 0.858. The van der Waals surface area contributed by atoms with E-state index in [1.807, 2.05) is 41.3 Å². The summed E-state index contributed by atoms with van der Waals surface area (Å²) in [6.07, 6.45) is 3.92. The minimum Gasteiger partial charge on any atom is -0.351 e. The van der Waals surface area contributed by atoms with Crippen molar-refractivity contribution < 1.29 is 9.59 Å². The third kappa shape index (κ3) is 4.19. The fraction of sp³-hybridized carbons (Fsp3) is 0.391. The van der Waals surface area contributed by atoms with Gasteiger partial charge in [-0.1, -0.05) is 60.7 Å². The van der Waals surface area contributed by atoms with Crippen molar-refractivity contribution in [1.29, 1.82) is 0 Å². The topological polar surface area (TPSA) is 61.4 Å². The number of carbonyl (C=O) groups excluding carboxylic acids is 2. The fourth-order valence-electron chi connectivity index (χ4n) is 4.31. The molecule has 2 saturated heterocycles. The van der Waals surface area contributed by atoms with E-state index in [4.69, 9.17) is 0 Å². The van der Waals surface area contributed by atoms with Crippen LogP contribution in [0, 0.1) is 0 Å². The lowest BCUT2D eigenvalue weighted by atomic mass is 9.86. The third-order valence-corrected chi connectivity index (χ3v) is 6.03. The number of rotatable bonds is 4. The standard InChI is InChI=1S/C23H27N3O2/c27-21-11-12-23(25-21)13-15-26(16-14-23)22(28)24-20(19-9-5-2-6-10-19)17-18-7-3-1-4-8-18/h1-10,20H,11-17H2,(H,24,28)(H,25,27)/t20-/m1/s1. The number of piperidine rings is 1. The second kappa shape index (κ2) is 8.05. The molecule has 3 amide bonds. The molecule has 2 N–H and O–H groups in total. The second-order valence-corrected chi connectivity index (χ2v) is 7.92. The average molecular weight is 377 g/mol. The maximum atomic E-state index is 13.0. The predicted octanol–water partition coefficient (Wildman–Crippen LogP) is 3.42. The van der Waals surface area contributed by atoms with Crippen molar-refractivity contribution >= 4 is 11.9 Å². The lowest BCUT2D eigenvalue weighted by Crippen LogP contribution is -2.54. The Bertz CT molecular complexity index is 814. The van der Waals surface area contributed by atoms with Crippen LogP contribution in [0.4, 0.5) is 4.79 Å². The van der Waals surface area contributed by atoms with Crippen LogP contribution in [-0.4, -0.2) is 35.5 Å². The Labute approximate surface area is 166 Å². The summed E-state index contributed by atoms with van der Waals surface area (Å²) in [6, 6.07) is 20.3. The summed E-state index contributed by atoms with van der Waals surface area (Å²) < 4.78 is 0. The molecule has 2 fully saturated rings. The van der Waals surface area contributed by atoms with Crippen LogP contribution in [0.5, 0.6) is 0 Å². The van der Waals surface area contributed by atoms with Gasteiger partial charge in [0.2, 0.25) is 5.91 Å². The molecule has 146 valence electrons. The molecule has 0 saturated carbocycles. The molecule has 2 aliphatic heterocycles. The Hall–Kier alpha value is -2.82. The van der Waals surface area contributed by atoms with Gasteiger partial charge in [-0.2, -0.15) is 0 Å². The monoisotopic (exact) mass is 377 g/mol. The number of hydrogen-bond acceptors (Lipinski definition) is 2. The van der Waals surface area contributed by atoms with Crippen LogP contribution in [0.1, 0.15) is 42.9 Å². The lowest BCUT2D eigenvalue weighted by Gasteiger charge is -2.39. The van der Waals surface area contributed by atoms with Crippen LogP contribution >= 0.6 is 0 Å². The summed E-state index contributed by atoms with van der Waals surface area (Å²) in [6.45, 7) is 1.36. The normalized spacial score (nSPS) is 19.3. The molecule has 28 heavy (non-hydrogen) atoms. The molecule has 5 heteroatoms. The van der Waals surface area contributed by atoms with Crippen molar-refractivity contribution in [3.05, 3.63) is 71.8 Å². The SMILES string of the molecule is O=C1CCC2(CCN(C(=O)N[C@H](Cc3ccccc3)c3ccccc3)CC2)N1. The van der Waals surface area contributed by atoms with Crippen molar-refractivity contribution in [1.82, 2.24) is 15.5 Å². The van der Waals surface area contributed by atoms with Gasteiger partial charge in [-0.3, -0.25) is 4.79 Å². The highest BCUT2D eigenvalue weighted by Gasteiger charge is 2.41. The highest BCUT2D eigenvalue weighted by atomic mass is 16.2. The van der Waals surface area contributed by atoms with Gasteiger partial charge >= 0.3 is 6.03 Å². The first-order chi connectivity index (χ1) is 13.6. The van der Waals surface area contributed by atoms with Gasteiger partial charge in [0.25, 0.3) is 0 Å². The van der Waals surface area contributed by atoms with E-state index in [0.717, 1.165) is 31.2 Å². The molecule has 4 rings (SSSR count). The van der Waals surface area contributed by atoms with Gasteiger partial charge in [0.05, 0.1) is 6.04 Å². The molecule has 2 heterocycles. The van der Waals surface area contributed by atoms with Crippen LogP contribution in [0.25, 0.3) is 0 Å². The van der Waals surface area contributed by atoms with Crippen LogP contribution < -0.4 is 10.6 Å². The Balaban J connectivity index is 1.42. The molecule has 2 aliphatic rings. The number of likely N-dealkylation sites (tertiary alicyclic amines) is 1. The highest BCUT2D eigenvalue weighted by Crippen LogP contribution is 2.31. The lowest BCUT2D eigenvalue weighted by molar-refractivity contribution is -0.120. The molecule has 2 aromatic carbocycles. The summed E-state index contributed by atoms with van der Waals surface area (Å²) in [7, 11) is 0. The van der Waals surface area contributed by atoms with Crippen molar-refractivity contribution in [3.8, 4) is 0 Å².